The van der Waals surface area contributed by atoms with Crippen molar-refractivity contribution in [2.24, 2.45) is 5.41 Å². The third kappa shape index (κ3) is 3.44. The summed E-state index contributed by atoms with van der Waals surface area (Å²) < 4.78 is 6.77. The molecular weight excluding hydrogens is 270 g/mol. The van der Waals surface area contributed by atoms with Crippen molar-refractivity contribution in [3.8, 4) is 0 Å². The van der Waals surface area contributed by atoms with E-state index in [-0.39, 0.29) is 17.3 Å². The minimum Gasteiger partial charge on any atom is -0.370 e. The fraction of sp³-hybridized carbons (Fsp3) is 0.500. The number of fused-ring (bicyclic) bond motifs is 1. The second-order valence-electron chi connectivity index (χ2n) is 5.92. The maximum atomic E-state index is 12.5. The van der Waals surface area contributed by atoms with E-state index in [1.807, 2.05) is 52.0 Å². The molecule has 0 aliphatic rings. The number of benzene rings is 1. The first-order chi connectivity index (χ1) is 9.41. The van der Waals surface area contributed by atoms with Gasteiger partial charge < -0.3 is 4.74 Å². The molecule has 0 aliphatic carbocycles. The van der Waals surface area contributed by atoms with E-state index in [0.717, 1.165) is 15.2 Å². The Morgan fingerprint density at radius 3 is 2.65 bits per heavy atom. The van der Waals surface area contributed by atoms with E-state index in [4.69, 9.17) is 4.74 Å². The van der Waals surface area contributed by atoms with E-state index in [0.29, 0.717) is 13.0 Å². The van der Waals surface area contributed by atoms with Crippen LogP contribution in [0.2, 0.25) is 0 Å². The normalized spacial score (nSPS) is 13.6. The molecule has 1 aromatic carbocycles. The van der Waals surface area contributed by atoms with Crippen LogP contribution in [0.5, 0.6) is 0 Å². The van der Waals surface area contributed by atoms with Gasteiger partial charge >= 0.3 is 0 Å². The van der Waals surface area contributed by atoms with Crippen LogP contribution < -0.4 is 0 Å². The standard InChI is InChI=1S/C16H21NO2S/c1-5-19-15(16(2,3)4)12(18)10-14-17-11-8-6-7-9-13(11)20-14/h6-9,15H,5,10H2,1-4H3. The molecule has 0 fully saturated rings. The lowest BCUT2D eigenvalue weighted by molar-refractivity contribution is -0.136. The molecule has 3 nitrogen and oxygen atoms in total. The Balaban J connectivity index is 2.17. The van der Waals surface area contributed by atoms with Crippen molar-refractivity contribution in [1.29, 1.82) is 0 Å². The summed E-state index contributed by atoms with van der Waals surface area (Å²) in [5, 5.41) is 0.866. The van der Waals surface area contributed by atoms with Gasteiger partial charge in [0, 0.05) is 6.61 Å². The number of rotatable bonds is 5. The van der Waals surface area contributed by atoms with Gasteiger partial charge in [-0.25, -0.2) is 4.98 Å². The van der Waals surface area contributed by atoms with E-state index in [2.05, 4.69) is 4.98 Å². The largest absolute Gasteiger partial charge is 0.370 e. The summed E-state index contributed by atoms with van der Waals surface area (Å²) >= 11 is 1.58. The van der Waals surface area contributed by atoms with E-state index < -0.39 is 0 Å². The SMILES string of the molecule is CCOC(C(=O)Cc1nc2ccccc2s1)C(C)(C)C. The Morgan fingerprint density at radius 1 is 1.35 bits per heavy atom. The van der Waals surface area contributed by atoms with Crippen LogP contribution in [0.15, 0.2) is 24.3 Å². The fourth-order valence-electron chi connectivity index (χ4n) is 2.23. The van der Waals surface area contributed by atoms with E-state index in [1.54, 1.807) is 11.3 Å². The lowest BCUT2D eigenvalue weighted by atomic mass is 9.85. The molecule has 20 heavy (non-hydrogen) atoms. The second-order valence-corrected chi connectivity index (χ2v) is 7.04. The molecule has 2 rings (SSSR count). The molecule has 1 atom stereocenters. The third-order valence-electron chi connectivity index (χ3n) is 3.08. The molecule has 1 heterocycles. The van der Waals surface area contributed by atoms with E-state index >= 15 is 0 Å². The molecule has 0 bridgehead atoms. The molecule has 0 aliphatic heterocycles. The molecule has 0 saturated carbocycles. The first kappa shape index (κ1) is 15.1. The third-order valence-corrected chi connectivity index (χ3v) is 4.11. The van der Waals surface area contributed by atoms with Crippen LogP contribution in [0.1, 0.15) is 32.7 Å². The molecular formula is C16H21NO2S. The van der Waals surface area contributed by atoms with Crippen LogP contribution in [-0.2, 0) is 16.0 Å². The number of carbonyl (C=O) groups excluding carboxylic acids is 1. The van der Waals surface area contributed by atoms with Crippen molar-refractivity contribution in [2.45, 2.75) is 40.2 Å². The highest BCUT2D eigenvalue weighted by Gasteiger charge is 2.32. The average Bonchev–Trinajstić information content (AvgIpc) is 2.76. The van der Waals surface area contributed by atoms with Gasteiger partial charge in [0.05, 0.1) is 16.6 Å². The van der Waals surface area contributed by atoms with Gasteiger partial charge in [-0.2, -0.15) is 0 Å². The van der Waals surface area contributed by atoms with Crippen molar-refractivity contribution >= 4 is 27.3 Å². The number of thiazole rings is 1. The zero-order valence-corrected chi connectivity index (χ0v) is 13.3. The minimum absolute atomic E-state index is 0.110. The number of carbonyl (C=O) groups is 1. The highest BCUT2D eigenvalue weighted by molar-refractivity contribution is 7.18. The predicted molar refractivity (Wildman–Crippen MR) is 83.2 cm³/mol. The van der Waals surface area contributed by atoms with Crippen molar-refractivity contribution in [3.05, 3.63) is 29.3 Å². The van der Waals surface area contributed by atoms with Crippen LogP contribution >= 0.6 is 11.3 Å². The molecule has 4 heteroatoms. The number of nitrogens with zero attached hydrogens (tertiary/aromatic N) is 1. The van der Waals surface area contributed by atoms with Gasteiger partial charge in [-0.1, -0.05) is 32.9 Å². The summed E-state index contributed by atoms with van der Waals surface area (Å²) in [5.74, 6) is 0.110. The summed E-state index contributed by atoms with van der Waals surface area (Å²) in [6, 6.07) is 7.96. The zero-order valence-electron chi connectivity index (χ0n) is 12.5. The number of hydrogen-bond acceptors (Lipinski definition) is 4. The van der Waals surface area contributed by atoms with Crippen LogP contribution in [0, 0.1) is 5.41 Å². The maximum Gasteiger partial charge on any atom is 0.168 e. The van der Waals surface area contributed by atoms with Gasteiger partial charge in [0.25, 0.3) is 0 Å². The first-order valence-electron chi connectivity index (χ1n) is 6.90. The molecule has 0 amide bonds. The van der Waals surface area contributed by atoms with Gasteiger partial charge in [-0.05, 0) is 24.5 Å². The van der Waals surface area contributed by atoms with Crippen molar-refractivity contribution in [2.75, 3.05) is 6.61 Å². The molecule has 1 aromatic heterocycles. The number of ketones is 1. The summed E-state index contributed by atoms with van der Waals surface area (Å²) in [5.41, 5.74) is 0.771. The van der Waals surface area contributed by atoms with Crippen molar-refractivity contribution in [1.82, 2.24) is 4.98 Å². The Labute approximate surface area is 124 Å². The minimum atomic E-state index is -0.375. The van der Waals surface area contributed by atoms with E-state index in [9.17, 15) is 4.79 Å². The average molecular weight is 291 g/mol. The van der Waals surface area contributed by atoms with Gasteiger partial charge in [0.1, 0.15) is 11.1 Å². The topological polar surface area (TPSA) is 39.2 Å². The monoisotopic (exact) mass is 291 g/mol. The highest BCUT2D eigenvalue weighted by Crippen LogP contribution is 2.26. The van der Waals surface area contributed by atoms with Gasteiger partial charge in [-0.3, -0.25) is 4.79 Å². The van der Waals surface area contributed by atoms with Gasteiger partial charge in [0.2, 0.25) is 0 Å². The molecule has 0 radical (unpaired) electrons. The fourth-order valence-corrected chi connectivity index (χ4v) is 3.21. The van der Waals surface area contributed by atoms with Gasteiger partial charge in [-0.15, -0.1) is 11.3 Å². The smallest absolute Gasteiger partial charge is 0.168 e. The molecule has 0 spiro atoms. The molecule has 108 valence electrons. The lowest BCUT2D eigenvalue weighted by Crippen LogP contribution is -2.38. The van der Waals surface area contributed by atoms with Crippen molar-refractivity contribution < 1.29 is 9.53 Å². The number of aromatic nitrogens is 1. The first-order valence-corrected chi connectivity index (χ1v) is 7.72. The summed E-state index contributed by atoms with van der Waals surface area (Å²) in [6.45, 7) is 8.56. The Bertz CT molecular complexity index is 565. The second kappa shape index (κ2) is 6.02. The van der Waals surface area contributed by atoms with Gasteiger partial charge in [0.15, 0.2) is 5.78 Å². The quantitative estimate of drug-likeness (QED) is 0.839. The zero-order chi connectivity index (χ0) is 14.8. The summed E-state index contributed by atoms with van der Waals surface area (Å²) in [7, 11) is 0. The molecule has 0 N–H and O–H groups in total. The number of Topliss-reactive ketones (excluding diaryl/α,β-unsaturated/α-hetero) is 1. The summed E-state index contributed by atoms with van der Waals surface area (Å²) in [4.78, 5) is 17.0. The highest BCUT2D eigenvalue weighted by atomic mass is 32.1. The molecule has 1 unspecified atom stereocenters. The lowest BCUT2D eigenvalue weighted by Gasteiger charge is -2.28. The van der Waals surface area contributed by atoms with Crippen LogP contribution in [-0.4, -0.2) is 23.5 Å². The Hall–Kier alpha value is -1.26. The van der Waals surface area contributed by atoms with Crippen LogP contribution in [0.3, 0.4) is 0 Å². The molecule has 2 aromatic rings. The Kier molecular flexibility index (Phi) is 4.55. The molecule has 0 saturated heterocycles. The number of hydrogen-bond donors (Lipinski definition) is 0. The maximum absolute atomic E-state index is 12.5. The van der Waals surface area contributed by atoms with E-state index in [1.165, 1.54) is 0 Å². The van der Waals surface area contributed by atoms with Crippen LogP contribution in [0.25, 0.3) is 10.2 Å². The number of para-hydroxylation sites is 1. The Morgan fingerprint density at radius 2 is 2.05 bits per heavy atom. The van der Waals surface area contributed by atoms with Crippen LogP contribution in [0.4, 0.5) is 0 Å². The summed E-state index contributed by atoms with van der Waals surface area (Å²) in [6.07, 6.45) is -0.0270. The number of ether oxygens (including phenoxy) is 1. The van der Waals surface area contributed by atoms with Crippen molar-refractivity contribution in [3.63, 3.8) is 0 Å². The predicted octanol–water partition coefficient (Wildman–Crippen LogP) is 3.86.